The Balaban J connectivity index is 2.49. The lowest BCUT2D eigenvalue weighted by molar-refractivity contribution is -0.121. The quantitative estimate of drug-likeness (QED) is 0.804. The lowest BCUT2D eigenvalue weighted by Crippen LogP contribution is -2.39. The van der Waals surface area contributed by atoms with Gasteiger partial charge in [-0.25, -0.2) is 0 Å². The number of hydrogen-bond donors (Lipinski definition) is 2. The summed E-state index contributed by atoms with van der Waals surface area (Å²) in [4.78, 5) is 11.2. The summed E-state index contributed by atoms with van der Waals surface area (Å²) in [5, 5.41) is 2.81. The molecule has 0 aliphatic rings. The molecule has 0 spiro atoms. The number of hydrogen-bond acceptors (Lipinski definition) is 2. The molecule has 1 rings (SSSR count). The van der Waals surface area contributed by atoms with Crippen LogP contribution in [0.25, 0.3) is 0 Å². The maximum absolute atomic E-state index is 11.2. The minimum absolute atomic E-state index is 0.0923. The Morgan fingerprint density at radius 1 is 1.44 bits per heavy atom. The van der Waals surface area contributed by atoms with Crippen LogP contribution in [0.3, 0.4) is 0 Å². The van der Waals surface area contributed by atoms with Gasteiger partial charge in [-0.15, -0.1) is 0 Å². The van der Waals surface area contributed by atoms with E-state index in [2.05, 4.69) is 37.4 Å². The van der Waals surface area contributed by atoms with Gasteiger partial charge in [0.2, 0.25) is 5.91 Å². The van der Waals surface area contributed by atoms with Crippen molar-refractivity contribution in [3.05, 3.63) is 34.9 Å². The van der Waals surface area contributed by atoms with Crippen molar-refractivity contribution in [1.82, 2.24) is 5.32 Å². The minimum atomic E-state index is -0.432. The smallest absolute Gasteiger partial charge is 0.236 e. The molecule has 16 heavy (non-hydrogen) atoms. The Bertz CT molecular complexity index is 372. The predicted octanol–water partition coefficient (Wildman–Crippen LogP) is 1.31. The summed E-state index contributed by atoms with van der Waals surface area (Å²) in [5.41, 5.74) is 9.25. The average Bonchev–Trinajstić information content (AvgIpc) is 2.22. The fourth-order valence-electron chi connectivity index (χ4n) is 1.55. The SMILES string of the molecule is Cc1ccc(C)c(CCNC(=O)C(C)N)c1. The highest BCUT2D eigenvalue weighted by molar-refractivity contribution is 5.80. The molecule has 1 unspecified atom stereocenters. The zero-order valence-corrected chi connectivity index (χ0v) is 10.2. The monoisotopic (exact) mass is 220 g/mol. The second kappa shape index (κ2) is 5.66. The molecular formula is C13H20N2O. The van der Waals surface area contributed by atoms with E-state index >= 15 is 0 Å². The molecule has 0 heterocycles. The Morgan fingerprint density at radius 2 is 2.12 bits per heavy atom. The van der Waals surface area contributed by atoms with E-state index in [0.29, 0.717) is 6.54 Å². The van der Waals surface area contributed by atoms with Crippen molar-refractivity contribution in [3.8, 4) is 0 Å². The van der Waals surface area contributed by atoms with Gasteiger partial charge in [0.15, 0.2) is 0 Å². The molecule has 0 aliphatic heterocycles. The molecule has 1 aromatic rings. The second-order valence-electron chi connectivity index (χ2n) is 4.26. The van der Waals surface area contributed by atoms with E-state index in [4.69, 9.17) is 5.73 Å². The molecule has 88 valence electrons. The Kier molecular flexibility index (Phi) is 4.50. The van der Waals surface area contributed by atoms with Crippen LogP contribution < -0.4 is 11.1 Å². The van der Waals surface area contributed by atoms with Gasteiger partial charge in [-0.05, 0) is 38.3 Å². The van der Waals surface area contributed by atoms with Gasteiger partial charge in [-0.2, -0.15) is 0 Å². The van der Waals surface area contributed by atoms with Gasteiger partial charge < -0.3 is 11.1 Å². The molecule has 0 aliphatic carbocycles. The molecule has 0 bridgehead atoms. The fourth-order valence-corrected chi connectivity index (χ4v) is 1.55. The number of amides is 1. The third-order valence-electron chi connectivity index (χ3n) is 2.61. The average molecular weight is 220 g/mol. The van der Waals surface area contributed by atoms with Gasteiger partial charge in [-0.3, -0.25) is 4.79 Å². The van der Waals surface area contributed by atoms with E-state index in [0.717, 1.165) is 6.42 Å². The maximum Gasteiger partial charge on any atom is 0.236 e. The van der Waals surface area contributed by atoms with Crippen LogP contribution in [0.15, 0.2) is 18.2 Å². The van der Waals surface area contributed by atoms with Crippen molar-refractivity contribution < 1.29 is 4.79 Å². The molecule has 1 atom stereocenters. The number of nitrogens with two attached hydrogens (primary N) is 1. The first-order chi connectivity index (χ1) is 7.50. The number of carbonyl (C=O) groups excluding carboxylic acids is 1. The molecule has 1 aromatic carbocycles. The topological polar surface area (TPSA) is 55.1 Å². The second-order valence-corrected chi connectivity index (χ2v) is 4.26. The first-order valence-corrected chi connectivity index (χ1v) is 5.60. The Morgan fingerprint density at radius 3 is 2.75 bits per heavy atom. The van der Waals surface area contributed by atoms with Gasteiger partial charge in [0.1, 0.15) is 0 Å². The first kappa shape index (κ1) is 12.7. The summed E-state index contributed by atoms with van der Waals surface area (Å²) in [6.07, 6.45) is 0.853. The molecule has 3 N–H and O–H groups in total. The van der Waals surface area contributed by atoms with Crippen LogP contribution in [0, 0.1) is 13.8 Å². The van der Waals surface area contributed by atoms with Crippen LogP contribution >= 0.6 is 0 Å². The van der Waals surface area contributed by atoms with Crippen LogP contribution in [0.2, 0.25) is 0 Å². The number of nitrogens with one attached hydrogen (secondary N) is 1. The minimum Gasteiger partial charge on any atom is -0.354 e. The zero-order chi connectivity index (χ0) is 12.1. The van der Waals surface area contributed by atoms with Gasteiger partial charge in [0.05, 0.1) is 6.04 Å². The summed E-state index contributed by atoms with van der Waals surface area (Å²) in [7, 11) is 0. The van der Waals surface area contributed by atoms with Gasteiger partial charge in [0.25, 0.3) is 0 Å². The van der Waals surface area contributed by atoms with Crippen molar-refractivity contribution >= 4 is 5.91 Å². The molecule has 0 saturated heterocycles. The van der Waals surface area contributed by atoms with Crippen molar-refractivity contribution in [2.45, 2.75) is 33.2 Å². The van der Waals surface area contributed by atoms with Gasteiger partial charge >= 0.3 is 0 Å². The Hall–Kier alpha value is -1.35. The molecular weight excluding hydrogens is 200 g/mol. The fraction of sp³-hybridized carbons (Fsp3) is 0.462. The van der Waals surface area contributed by atoms with E-state index in [9.17, 15) is 4.79 Å². The highest BCUT2D eigenvalue weighted by Gasteiger charge is 2.06. The van der Waals surface area contributed by atoms with Crippen molar-refractivity contribution in [2.75, 3.05) is 6.54 Å². The van der Waals surface area contributed by atoms with Crippen molar-refractivity contribution in [1.29, 1.82) is 0 Å². The molecule has 0 fully saturated rings. The van der Waals surface area contributed by atoms with Crippen LogP contribution in [-0.4, -0.2) is 18.5 Å². The van der Waals surface area contributed by atoms with E-state index < -0.39 is 6.04 Å². The molecule has 3 heteroatoms. The number of aryl methyl sites for hydroxylation is 2. The predicted molar refractivity (Wildman–Crippen MR) is 66.3 cm³/mol. The largest absolute Gasteiger partial charge is 0.354 e. The summed E-state index contributed by atoms with van der Waals surface area (Å²) < 4.78 is 0. The molecule has 0 radical (unpaired) electrons. The highest BCUT2D eigenvalue weighted by Crippen LogP contribution is 2.10. The number of carbonyl (C=O) groups is 1. The van der Waals surface area contributed by atoms with Crippen molar-refractivity contribution in [3.63, 3.8) is 0 Å². The van der Waals surface area contributed by atoms with E-state index in [1.54, 1.807) is 6.92 Å². The van der Waals surface area contributed by atoms with E-state index in [1.165, 1.54) is 16.7 Å². The summed E-state index contributed by atoms with van der Waals surface area (Å²) in [5.74, 6) is -0.0923. The van der Waals surface area contributed by atoms with Gasteiger partial charge in [-0.1, -0.05) is 23.8 Å². The number of rotatable bonds is 4. The molecule has 0 saturated carbocycles. The molecule has 3 nitrogen and oxygen atoms in total. The first-order valence-electron chi connectivity index (χ1n) is 5.60. The molecule has 1 amide bonds. The number of benzene rings is 1. The van der Waals surface area contributed by atoms with Crippen LogP contribution in [0.5, 0.6) is 0 Å². The normalized spacial score (nSPS) is 12.2. The van der Waals surface area contributed by atoms with E-state index in [-0.39, 0.29) is 5.91 Å². The lowest BCUT2D eigenvalue weighted by Gasteiger charge is -2.10. The standard InChI is InChI=1S/C13H20N2O/c1-9-4-5-10(2)12(8-9)6-7-15-13(16)11(3)14/h4-5,8,11H,6-7,14H2,1-3H3,(H,15,16). The lowest BCUT2D eigenvalue weighted by atomic mass is 10.0. The van der Waals surface area contributed by atoms with Crippen LogP contribution in [0.1, 0.15) is 23.6 Å². The highest BCUT2D eigenvalue weighted by atomic mass is 16.2. The zero-order valence-electron chi connectivity index (χ0n) is 10.2. The summed E-state index contributed by atoms with van der Waals surface area (Å²) in [6, 6.07) is 5.93. The third kappa shape index (κ3) is 3.66. The third-order valence-corrected chi connectivity index (χ3v) is 2.61. The maximum atomic E-state index is 11.2. The van der Waals surface area contributed by atoms with E-state index in [1.807, 2.05) is 0 Å². The van der Waals surface area contributed by atoms with Crippen molar-refractivity contribution in [2.24, 2.45) is 5.73 Å². The van der Waals surface area contributed by atoms with Gasteiger partial charge in [0, 0.05) is 6.54 Å². The molecule has 0 aromatic heterocycles. The summed E-state index contributed by atoms with van der Waals surface area (Å²) >= 11 is 0. The van der Waals surface area contributed by atoms with Crippen LogP contribution in [0.4, 0.5) is 0 Å². The Labute approximate surface area is 97.0 Å². The van der Waals surface area contributed by atoms with Crippen LogP contribution in [-0.2, 0) is 11.2 Å². The summed E-state index contributed by atoms with van der Waals surface area (Å²) in [6.45, 7) is 6.49.